The Morgan fingerprint density at radius 2 is 0.981 bits per heavy atom. The minimum absolute atomic E-state index is 0.141. The van der Waals surface area contributed by atoms with E-state index in [4.69, 9.17) is 13.8 Å². The molecule has 0 aromatic heterocycles. The van der Waals surface area contributed by atoms with E-state index in [0.29, 0.717) is 12.8 Å². The molecule has 11 nitrogen and oxygen atoms in total. The molecule has 0 fully saturated rings. The van der Waals surface area contributed by atoms with Crippen LogP contribution in [0.5, 0.6) is 0 Å². The van der Waals surface area contributed by atoms with Gasteiger partial charge in [-0.05, 0) is 64.2 Å². The molecule has 3 unspecified atom stereocenters. The molecule has 0 saturated carbocycles. The summed E-state index contributed by atoms with van der Waals surface area (Å²) in [5, 5.41) is 21.8. The fraction of sp³-hybridized carbons (Fsp3) is 0.829. The molecule has 12 heteroatoms. The molecule has 0 aromatic carbocycles. The van der Waals surface area contributed by atoms with Gasteiger partial charge in [0, 0.05) is 12.8 Å². The van der Waals surface area contributed by atoms with Crippen LogP contribution in [0.25, 0.3) is 0 Å². The van der Waals surface area contributed by atoms with E-state index in [1.807, 2.05) is 0 Å². The fourth-order valence-electron chi connectivity index (χ4n) is 5.66. The second kappa shape index (κ2) is 36.9. The number of hydrogen-bond acceptors (Lipinski definition) is 8. The van der Waals surface area contributed by atoms with Crippen LogP contribution in [0.1, 0.15) is 187 Å². The van der Waals surface area contributed by atoms with E-state index >= 15 is 0 Å². The quantitative estimate of drug-likeness (QED) is 0.0204. The number of esters is 1. The Labute approximate surface area is 321 Å². The van der Waals surface area contributed by atoms with Crippen molar-refractivity contribution in [2.24, 2.45) is 0 Å². The van der Waals surface area contributed by atoms with Crippen LogP contribution >= 0.6 is 7.82 Å². The number of nitrogens with one attached hydrogen (secondary N) is 1. The van der Waals surface area contributed by atoms with Crippen molar-refractivity contribution in [1.82, 2.24) is 5.32 Å². The third kappa shape index (κ3) is 36.7. The van der Waals surface area contributed by atoms with Gasteiger partial charge in [0.05, 0.1) is 13.2 Å². The molecule has 0 aromatic rings. The first-order chi connectivity index (χ1) is 25.6. The van der Waals surface area contributed by atoms with E-state index in [-0.39, 0.29) is 12.8 Å². The molecule has 310 valence electrons. The second-order valence-electron chi connectivity index (χ2n) is 14.2. The highest BCUT2D eigenvalue weighted by Crippen LogP contribution is 2.43. The fourth-order valence-corrected chi connectivity index (χ4v) is 6.43. The van der Waals surface area contributed by atoms with Crippen molar-refractivity contribution in [3.8, 4) is 0 Å². The third-order valence-electron chi connectivity index (χ3n) is 8.96. The number of phosphoric ester groups is 1. The van der Waals surface area contributed by atoms with Gasteiger partial charge in [0.1, 0.15) is 12.7 Å². The molecule has 0 rings (SSSR count). The molecule has 0 radical (unpaired) electrons. The minimum Gasteiger partial charge on any atom is -0.480 e. The van der Waals surface area contributed by atoms with E-state index in [0.717, 1.165) is 70.6 Å². The number of hydrogen-bond donors (Lipinski definition) is 4. The van der Waals surface area contributed by atoms with E-state index in [2.05, 4.69) is 43.5 Å². The number of amides is 1. The highest BCUT2D eigenvalue weighted by molar-refractivity contribution is 7.47. The second-order valence-corrected chi connectivity index (χ2v) is 15.6. The van der Waals surface area contributed by atoms with Crippen molar-refractivity contribution in [3.63, 3.8) is 0 Å². The van der Waals surface area contributed by atoms with Crippen LogP contribution < -0.4 is 5.32 Å². The number of aliphatic carboxylic acids is 1. The van der Waals surface area contributed by atoms with Crippen LogP contribution in [0.4, 0.5) is 0 Å². The Hall–Kier alpha value is -2.04. The zero-order valence-electron chi connectivity index (χ0n) is 33.3. The molecule has 0 heterocycles. The number of allylic oxidation sites excluding steroid dienone is 4. The molecule has 4 N–H and O–H groups in total. The van der Waals surface area contributed by atoms with E-state index in [1.54, 1.807) is 0 Å². The van der Waals surface area contributed by atoms with E-state index in [9.17, 15) is 34.1 Å². The maximum absolute atomic E-state index is 12.3. The van der Waals surface area contributed by atoms with Crippen LogP contribution in [0, 0.1) is 0 Å². The topological polar surface area (TPSA) is 169 Å². The van der Waals surface area contributed by atoms with Crippen LogP contribution in [0.3, 0.4) is 0 Å². The van der Waals surface area contributed by atoms with Crippen LogP contribution in [-0.4, -0.2) is 64.9 Å². The average Bonchev–Trinajstić information content (AvgIpc) is 3.13. The van der Waals surface area contributed by atoms with Gasteiger partial charge in [-0.2, -0.15) is 0 Å². The molecule has 0 aliphatic rings. The summed E-state index contributed by atoms with van der Waals surface area (Å²) in [6.07, 6.45) is 36.3. The van der Waals surface area contributed by atoms with Gasteiger partial charge in [0.25, 0.3) is 0 Å². The summed E-state index contributed by atoms with van der Waals surface area (Å²) in [5.74, 6) is -2.39. The average molecular weight is 774 g/mol. The molecule has 3 atom stereocenters. The number of ether oxygens (including phenoxy) is 1. The van der Waals surface area contributed by atoms with Gasteiger partial charge in [0.2, 0.25) is 5.91 Å². The van der Waals surface area contributed by atoms with Gasteiger partial charge in [-0.1, -0.05) is 134 Å². The number of carboxylic acid groups (broad SMARTS) is 1. The molecular weight excluding hydrogens is 697 g/mol. The van der Waals surface area contributed by atoms with Gasteiger partial charge >= 0.3 is 19.8 Å². The lowest BCUT2D eigenvalue weighted by atomic mass is 10.1. The number of aliphatic hydroxyl groups is 1. The number of unbranched alkanes of at least 4 members (excludes halogenated alkanes) is 21. The zero-order valence-corrected chi connectivity index (χ0v) is 34.2. The molecule has 53 heavy (non-hydrogen) atoms. The van der Waals surface area contributed by atoms with Gasteiger partial charge < -0.3 is 25.2 Å². The summed E-state index contributed by atoms with van der Waals surface area (Å²) < 4.78 is 26.8. The molecule has 0 saturated heterocycles. The van der Waals surface area contributed by atoms with Crippen molar-refractivity contribution in [3.05, 3.63) is 24.3 Å². The molecule has 0 aliphatic heterocycles. The van der Waals surface area contributed by atoms with Crippen LogP contribution in [0.15, 0.2) is 24.3 Å². The van der Waals surface area contributed by atoms with Crippen molar-refractivity contribution >= 4 is 25.7 Å². The summed E-state index contributed by atoms with van der Waals surface area (Å²) in [5.41, 5.74) is 0. The monoisotopic (exact) mass is 774 g/mol. The molecular formula is C41H76NO10P. The summed E-state index contributed by atoms with van der Waals surface area (Å²) in [4.78, 5) is 45.8. The summed E-state index contributed by atoms with van der Waals surface area (Å²) in [6.45, 7) is 2.54. The summed E-state index contributed by atoms with van der Waals surface area (Å²) >= 11 is 0. The van der Waals surface area contributed by atoms with Crippen molar-refractivity contribution < 1.29 is 47.8 Å². The van der Waals surface area contributed by atoms with Crippen molar-refractivity contribution in [2.45, 2.75) is 199 Å². The summed E-state index contributed by atoms with van der Waals surface area (Å²) in [7, 11) is -4.75. The Kier molecular flexibility index (Phi) is 35.5. The van der Waals surface area contributed by atoms with Gasteiger partial charge in [0.15, 0.2) is 6.04 Å². The lowest BCUT2D eigenvalue weighted by Crippen LogP contribution is -2.43. The Morgan fingerprint density at radius 3 is 1.47 bits per heavy atom. The zero-order chi connectivity index (χ0) is 39.3. The van der Waals surface area contributed by atoms with Gasteiger partial charge in [-0.15, -0.1) is 0 Å². The Bertz CT molecular complexity index is 1010. The van der Waals surface area contributed by atoms with E-state index < -0.39 is 57.6 Å². The maximum Gasteiger partial charge on any atom is 0.472 e. The van der Waals surface area contributed by atoms with Crippen molar-refractivity contribution in [2.75, 3.05) is 19.8 Å². The molecule has 0 bridgehead atoms. The third-order valence-corrected chi connectivity index (χ3v) is 9.91. The highest BCUT2D eigenvalue weighted by Gasteiger charge is 2.28. The number of aliphatic hydroxyl groups excluding tert-OH is 1. The maximum atomic E-state index is 12.3. The summed E-state index contributed by atoms with van der Waals surface area (Å²) in [6, 6.07) is -1.55. The first-order valence-corrected chi connectivity index (χ1v) is 22.4. The smallest absolute Gasteiger partial charge is 0.472 e. The number of phosphoric acid groups is 1. The molecule has 0 spiro atoms. The number of carbonyl (C=O) groups excluding carboxylic acids is 2. The number of carbonyl (C=O) groups is 3. The lowest BCUT2D eigenvalue weighted by Gasteiger charge is -2.18. The first-order valence-electron chi connectivity index (χ1n) is 20.9. The predicted octanol–water partition coefficient (Wildman–Crippen LogP) is 10.3. The minimum atomic E-state index is -4.75. The highest BCUT2D eigenvalue weighted by atomic mass is 31.2. The Morgan fingerprint density at radius 1 is 0.585 bits per heavy atom. The Balaban J connectivity index is 3.94. The van der Waals surface area contributed by atoms with E-state index in [1.165, 1.54) is 77.0 Å². The first kappa shape index (κ1) is 51.0. The normalized spacial score (nSPS) is 14.0. The van der Waals surface area contributed by atoms with Crippen molar-refractivity contribution in [1.29, 1.82) is 0 Å². The predicted molar refractivity (Wildman–Crippen MR) is 213 cm³/mol. The number of carboxylic acids is 1. The SMILES string of the molecule is CCCCC/C=C\CCCCCCCC(=O)OCC(O)COP(=O)(O)OCC(NC(=O)CCCCCCCCC/C=C\CCCCCCCC)C(=O)O. The number of rotatable bonds is 39. The van der Waals surface area contributed by atoms with Gasteiger partial charge in [-0.25, -0.2) is 9.36 Å². The molecule has 0 aliphatic carbocycles. The lowest BCUT2D eigenvalue weighted by molar-refractivity contribution is -0.147. The largest absolute Gasteiger partial charge is 0.480 e. The van der Waals surface area contributed by atoms with Crippen LogP contribution in [-0.2, 0) is 32.7 Å². The van der Waals surface area contributed by atoms with Gasteiger partial charge in [-0.3, -0.25) is 18.6 Å². The standard InChI is InChI=1S/C41H76NO10P/c1-3-5-7-9-11-13-15-17-18-19-20-21-22-24-26-28-30-32-39(44)42-38(41(46)47)36-52-53(48,49)51-35-37(43)34-50-40(45)33-31-29-27-25-23-16-14-12-10-8-6-4-2/h12,14,17-18,37-38,43H,3-11,13,15-16,19-36H2,1-2H3,(H,42,44)(H,46,47)(H,48,49)/b14-12-,18-17-. The van der Waals surface area contributed by atoms with Crippen LogP contribution in [0.2, 0.25) is 0 Å². The molecule has 1 amide bonds.